The van der Waals surface area contributed by atoms with Crippen molar-refractivity contribution in [2.24, 2.45) is 0 Å². The minimum atomic E-state index is 0.0556. The zero-order chi connectivity index (χ0) is 15.4. The van der Waals surface area contributed by atoms with Gasteiger partial charge < -0.3 is 0 Å². The molecule has 4 nitrogen and oxygen atoms in total. The highest BCUT2D eigenvalue weighted by molar-refractivity contribution is 9.10. The molecule has 0 bridgehead atoms. The molecule has 0 saturated carbocycles. The van der Waals surface area contributed by atoms with Crippen LogP contribution < -0.4 is 0 Å². The molecule has 0 aliphatic carbocycles. The van der Waals surface area contributed by atoms with Crippen LogP contribution in [0.1, 0.15) is 10.4 Å². The Morgan fingerprint density at radius 2 is 1.82 bits per heavy atom. The Kier molecular flexibility index (Phi) is 4.70. The Morgan fingerprint density at radius 1 is 1.09 bits per heavy atom. The van der Waals surface area contributed by atoms with Crippen molar-refractivity contribution in [2.75, 3.05) is 5.75 Å². The highest BCUT2D eigenvalue weighted by Gasteiger charge is 2.13. The van der Waals surface area contributed by atoms with E-state index in [1.807, 2.05) is 59.2 Å². The molecule has 0 aliphatic heterocycles. The van der Waals surface area contributed by atoms with Crippen molar-refractivity contribution < 1.29 is 4.79 Å². The highest BCUT2D eigenvalue weighted by Crippen LogP contribution is 2.23. The molecule has 0 atom stereocenters. The first-order valence-corrected chi connectivity index (χ1v) is 8.39. The Morgan fingerprint density at radius 3 is 2.59 bits per heavy atom. The van der Waals surface area contributed by atoms with Gasteiger partial charge in [0, 0.05) is 15.7 Å². The number of para-hydroxylation sites is 1. The van der Waals surface area contributed by atoms with Gasteiger partial charge in [-0.2, -0.15) is 0 Å². The number of aromatic nitrogens is 3. The van der Waals surface area contributed by atoms with Crippen molar-refractivity contribution in [3.05, 3.63) is 71.0 Å². The predicted octanol–water partition coefficient (Wildman–Crippen LogP) is 4.00. The average molecular weight is 374 g/mol. The quantitative estimate of drug-likeness (QED) is 0.500. The average Bonchev–Trinajstić information content (AvgIpc) is 3.02. The molecule has 0 N–H and O–H groups in total. The normalized spacial score (nSPS) is 10.6. The van der Waals surface area contributed by atoms with Crippen molar-refractivity contribution in [2.45, 2.75) is 5.16 Å². The van der Waals surface area contributed by atoms with Crippen molar-refractivity contribution in [1.82, 2.24) is 14.8 Å². The fourth-order valence-corrected chi connectivity index (χ4v) is 3.30. The largest absolute Gasteiger partial charge is 0.293 e. The zero-order valence-corrected chi connectivity index (χ0v) is 13.9. The van der Waals surface area contributed by atoms with E-state index in [2.05, 4.69) is 26.1 Å². The number of nitrogens with zero attached hydrogens (tertiary/aromatic N) is 3. The first-order chi connectivity index (χ1) is 10.8. The molecule has 0 amide bonds. The molecule has 6 heteroatoms. The summed E-state index contributed by atoms with van der Waals surface area (Å²) in [5.41, 5.74) is 1.66. The SMILES string of the molecule is O=C(CSc1nncn1-c1ccccc1)c1ccccc1Br. The summed E-state index contributed by atoms with van der Waals surface area (Å²) >= 11 is 4.78. The molecule has 22 heavy (non-hydrogen) atoms. The van der Waals surface area contributed by atoms with E-state index < -0.39 is 0 Å². The van der Waals surface area contributed by atoms with Crippen LogP contribution in [0.3, 0.4) is 0 Å². The van der Waals surface area contributed by atoms with Crippen LogP contribution in [-0.4, -0.2) is 26.3 Å². The molecule has 0 unspecified atom stereocenters. The van der Waals surface area contributed by atoms with E-state index in [4.69, 9.17) is 0 Å². The monoisotopic (exact) mass is 373 g/mol. The van der Waals surface area contributed by atoms with Gasteiger partial charge in [0.2, 0.25) is 0 Å². The Bertz CT molecular complexity index is 789. The number of hydrogen-bond acceptors (Lipinski definition) is 4. The minimum absolute atomic E-state index is 0.0556. The van der Waals surface area contributed by atoms with E-state index in [0.29, 0.717) is 16.5 Å². The molecule has 1 aromatic heterocycles. The van der Waals surface area contributed by atoms with Gasteiger partial charge in [-0.25, -0.2) is 0 Å². The van der Waals surface area contributed by atoms with Gasteiger partial charge in [-0.15, -0.1) is 10.2 Å². The second-order valence-corrected chi connectivity index (χ2v) is 6.31. The summed E-state index contributed by atoms with van der Waals surface area (Å²) in [6, 6.07) is 17.2. The van der Waals surface area contributed by atoms with Crippen LogP contribution in [0, 0.1) is 0 Å². The van der Waals surface area contributed by atoms with Gasteiger partial charge in [0.25, 0.3) is 0 Å². The number of halogens is 1. The van der Waals surface area contributed by atoms with E-state index in [0.717, 1.165) is 10.2 Å². The fraction of sp³-hybridized carbons (Fsp3) is 0.0625. The first kappa shape index (κ1) is 15.0. The van der Waals surface area contributed by atoms with E-state index in [9.17, 15) is 4.79 Å². The second kappa shape index (κ2) is 6.89. The van der Waals surface area contributed by atoms with Crippen LogP contribution in [0.4, 0.5) is 0 Å². The third-order valence-electron chi connectivity index (χ3n) is 3.06. The lowest BCUT2D eigenvalue weighted by atomic mass is 10.1. The summed E-state index contributed by atoms with van der Waals surface area (Å²) in [5.74, 6) is 0.369. The lowest BCUT2D eigenvalue weighted by molar-refractivity contribution is 0.102. The number of Topliss-reactive ketones (excluding diaryl/α,β-unsaturated/α-hetero) is 1. The molecule has 3 rings (SSSR count). The standard InChI is InChI=1S/C16H12BrN3OS/c17-14-9-5-4-8-13(14)15(21)10-22-16-19-18-11-20(16)12-6-2-1-3-7-12/h1-9,11H,10H2. The first-order valence-electron chi connectivity index (χ1n) is 6.61. The molecule has 0 radical (unpaired) electrons. The molecule has 110 valence electrons. The summed E-state index contributed by atoms with van der Waals surface area (Å²) in [5, 5.41) is 8.73. The van der Waals surface area contributed by atoms with E-state index >= 15 is 0 Å². The summed E-state index contributed by atoms with van der Waals surface area (Å²) in [6.45, 7) is 0. The summed E-state index contributed by atoms with van der Waals surface area (Å²) < 4.78 is 2.68. The van der Waals surface area contributed by atoms with E-state index in [-0.39, 0.29) is 5.78 Å². The molecule has 3 aromatic rings. The highest BCUT2D eigenvalue weighted by atomic mass is 79.9. The maximum atomic E-state index is 12.3. The number of ketones is 1. The molecular formula is C16H12BrN3OS. The van der Waals surface area contributed by atoms with Crippen LogP contribution in [0.2, 0.25) is 0 Å². The van der Waals surface area contributed by atoms with Crippen molar-refractivity contribution >= 4 is 33.5 Å². The minimum Gasteiger partial charge on any atom is -0.293 e. The van der Waals surface area contributed by atoms with Gasteiger partial charge in [0.05, 0.1) is 5.75 Å². The number of carbonyl (C=O) groups excluding carboxylic acids is 1. The summed E-state index contributed by atoms with van der Waals surface area (Å²) in [6.07, 6.45) is 1.65. The van der Waals surface area contributed by atoms with Gasteiger partial charge in [-0.3, -0.25) is 9.36 Å². The van der Waals surface area contributed by atoms with Crippen LogP contribution >= 0.6 is 27.7 Å². The molecule has 0 fully saturated rings. The third-order valence-corrected chi connectivity index (χ3v) is 4.69. The number of carbonyl (C=O) groups is 1. The van der Waals surface area contributed by atoms with E-state index in [1.165, 1.54) is 11.8 Å². The Balaban J connectivity index is 1.75. The van der Waals surface area contributed by atoms with Crippen LogP contribution in [-0.2, 0) is 0 Å². The molecular weight excluding hydrogens is 362 g/mol. The smallest absolute Gasteiger partial charge is 0.196 e. The zero-order valence-electron chi connectivity index (χ0n) is 11.5. The molecule has 1 heterocycles. The maximum Gasteiger partial charge on any atom is 0.196 e. The molecule has 2 aromatic carbocycles. The van der Waals surface area contributed by atoms with Crippen molar-refractivity contribution in [1.29, 1.82) is 0 Å². The number of thioether (sulfide) groups is 1. The molecule has 0 saturated heterocycles. The second-order valence-electron chi connectivity index (χ2n) is 4.51. The third kappa shape index (κ3) is 3.28. The van der Waals surface area contributed by atoms with Gasteiger partial charge in [0.1, 0.15) is 6.33 Å². The van der Waals surface area contributed by atoms with E-state index in [1.54, 1.807) is 6.33 Å². The lowest BCUT2D eigenvalue weighted by Crippen LogP contribution is -2.04. The van der Waals surface area contributed by atoms with Crippen LogP contribution in [0.25, 0.3) is 5.69 Å². The summed E-state index contributed by atoms with van der Waals surface area (Å²) in [4.78, 5) is 12.3. The van der Waals surface area contributed by atoms with Gasteiger partial charge >= 0.3 is 0 Å². The fourth-order valence-electron chi connectivity index (χ4n) is 1.98. The van der Waals surface area contributed by atoms with Crippen LogP contribution in [0.5, 0.6) is 0 Å². The number of hydrogen-bond donors (Lipinski definition) is 0. The van der Waals surface area contributed by atoms with Gasteiger partial charge in [-0.05, 0) is 18.2 Å². The van der Waals surface area contributed by atoms with Gasteiger partial charge in [-0.1, -0.05) is 64.1 Å². The lowest BCUT2D eigenvalue weighted by Gasteiger charge is -2.06. The van der Waals surface area contributed by atoms with Gasteiger partial charge in [0.15, 0.2) is 10.9 Å². The maximum absolute atomic E-state index is 12.3. The topological polar surface area (TPSA) is 47.8 Å². The molecule has 0 spiro atoms. The summed E-state index contributed by atoms with van der Waals surface area (Å²) in [7, 11) is 0. The molecule has 0 aliphatic rings. The predicted molar refractivity (Wildman–Crippen MR) is 90.6 cm³/mol. The Hall–Kier alpha value is -1.92. The van der Waals surface area contributed by atoms with Crippen molar-refractivity contribution in [3.8, 4) is 5.69 Å². The van der Waals surface area contributed by atoms with Crippen molar-refractivity contribution in [3.63, 3.8) is 0 Å². The Labute approximate surface area is 140 Å². The van der Waals surface area contributed by atoms with Crippen LogP contribution in [0.15, 0.2) is 70.6 Å². The number of rotatable bonds is 5. The number of benzene rings is 2.